The van der Waals surface area contributed by atoms with Crippen molar-refractivity contribution in [3.8, 4) is 5.75 Å². The number of nitrogens with zero attached hydrogens (tertiary/aromatic N) is 1. The van der Waals surface area contributed by atoms with E-state index < -0.39 is 8.07 Å². The van der Waals surface area contributed by atoms with E-state index in [1.54, 1.807) is 6.07 Å². The SMILES string of the molecule is C[Si](C)(C)c1cncc(O)c1. The molecule has 0 spiro atoms. The van der Waals surface area contributed by atoms with Crippen molar-refractivity contribution in [1.29, 1.82) is 0 Å². The van der Waals surface area contributed by atoms with Gasteiger partial charge in [0.1, 0.15) is 5.75 Å². The largest absolute Gasteiger partial charge is 0.506 e. The van der Waals surface area contributed by atoms with Crippen LogP contribution >= 0.6 is 0 Å². The van der Waals surface area contributed by atoms with Crippen molar-refractivity contribution in [2.75, 3.05) is 0 Å². The molecule has 0 aliphatic carbocycles. The van der Waals surface area contributed by atoms with E-state index in [4.69, 9.17) is 5.11 Å². The van der Waals surface area contributed by atoms with Crippen LogP contribution < -0.4 is 5.19 Å². The highest BCUT2D eigenvalue weighted by molar-refractivity contribution is 6.88. The Morgan fingerprint density at radius 2 is 1.91 bits per heavy atom. The van der Waals surface area contributed by atoms with Gasteiger partial charge in [-0.3, -0.25) is 4.98 Å². The summed E-state index contributed by atoms with van der Waals surface area (Å²) >= 11 is 0. The van der Waals surface area contributed by atoms with E-state index in [9.17, 15) is 0 Å². The van der Waals surface area contributed by atoms with Gasteiger partial charge in [-0.25, -0.2) is 0 Å². The molecule has 2 nitrogen and oxygen atoms in total. The van der Waals surface area contributed by atoms with E-state index in [-0.39, 0.29) is 5.75 Å². The fourth-order valence-electron chi connectivity index (χ4n) is 0.838. The molecule has 0 radical (unpaired) electrons. The molecule has 0 aliphatic heterocycles. The van der Waals surface area contributed by atoms with Crippen LogP contribution in [0, 0.1) is 0 Å². The Hall–Kier alpha value is -0.833. The summed E-state index contributed by atoms with van der Waals surface area (Å²) in [6.45, 7) is 6.68. The maximum atomic E-state index is 9.14. The van der Waals surface area contributed by atoms with Crippen LogP contribution in [0.1, 0.15) is 0 Å². The first kappa shape index (κ1) is 8.27. The molecule has 0 amide bonds. The first-order valence-corrected chi connectivity index (χ1v) is 7.14. The van der Waals surface area contributed by atoms with E-state index in [2.05, 4.69) is 24.6 Å². The highest BCUT2D eigenvalue weighted by Gasteiger charge is 2.16. The van der Waals surface area contributed by atoms with Gasteiger partial charge in [-0.15, -0.1) is 0 Å². The Morgan fingerprint density at radius 1 is 1.27 bits per heavy atom. The molecule has 0 atom stereocenters. The first-order valence-electron chi connectivity index (χ1n) is 3.64. The second-order valence-electron chi connectivity index (χ2n) is 3.68. The van der Waals surface area contributed by atoms with E-state index >= 15 is 0 Å². The maximum Gasteiger partial charge on any atom is 0.133 e. The zero-order chi connectivity index (χ0) is 8.48. The van der Waals surface area contributed by atoms with Crippen molar-refractivity contribution in [1.82, 2.24) is 4.98 Å². The number of aromatic nitrogens is 1. The topological polar surface area (TPSA) is 33.1 Å². The number of rotatable bonds is 1. The molecule has 0 aliphatic rings. The summed E-state index contributed by atoms with van der Waals surface area (Å²) in [5.74, 6) is 0.268. The molecule has 3 heteroatoms. The van der Waals surface area contributed by atoms with E-state index in [0.29, 0.717) is 0 Å². The lowest BCUT2D eigenvalue weighted by atomic mass is 10.5. The van der Waals surface area contributed by atoms with Crippen LogP contribution in [0.25, 0.3) is 0 Å². The van der Waals surface area contributed by atoms with E-state index in [0.717, 1.165) is 0 Å². The second-order valence-corrected chi connectivity index (χ2v) is 8.76. The molecule has 0 unspecified atom stereocenters. The highest BCUT2D eigenvalue weighted by atomic mass is 28.3. The minimum absolute atomic E-state index is 0.268. The van der Waals surface area contributed by atoms with Crippen LogP contribution in [-0.2, 0) is 0 Å². The molecule has 0 bridgehead atoms. The maximum absolute atomic E-state index is 9.14. The monoisotopic (exact) mass is 167 g/mol. The molecule has 1 N–H and O–H groups in total. The van der Waals surface area contributed by atoms with Crippen molar-refractivity contribution in [2.24, 2.45) is 0 Å². The highest BCUT2D eigenvalue weighted by Crippen LogP contribution is 2.06. The summed E-state index contributed by atoms with van der Waals surface area (Å²) in [6.07, 6.45) is 3.30. The number of hydrogen-bond donors (Lipinski definition) is 1. The average molecular weight is 167 g/mol. The molecule has 0 aromatic carbocycles. The molecule has 0 saturated carbocycles. The molecule has 11 heavy (non-hydrogen) atoms. The molecule has 1 heterocycles. The molecule has 1 rings (SSSR count). The molecule has 1 aromatic heterocycles. The van der Waals surface area contributed by atoms with Gasteiger partial charge in [0, 0.05) is 6.20 Å². The van der Waals surface area contributed by atoms with E-state index in [1.807, 2.05) is 6.20 Å². The second kappa shape index (κ2) is 2.66. The predicted molar refractivity (Wildman–Crippen MR) is 48.9 cm³/mol. The van der Waals surface area contributed by atoms with Crippen molar-refractivity contribution in [3.05, 3.63) is 18.5 Å². The van der Waals surface area contributed by atoms with Gasteiger partial charge >= 0.3 is 0 Å². The predicted octanol–water partition coefficient (Wildman–Crippen LogP) is 1.33. The molecule has 0 saturated heterocycles. The Labute approximate surface area is 67.9 Å². The summed E-state index contributed by atoms with van der Waals surface area (Å²) in [5.41, 5.74) is 0. The Balaban J connectivity index is 3.06. The zero-order valence-electron chi connectivity index (χ0n) is 7.13. The summed E-state index contributed by atoms with van der Waals surface area (Å²) in [5, 5.41) is 10.3. The van der Waals surface area contributed by atoms with Gasteiger partial charge in [0.05, 0.1) is 14.3 Å². The number of pyridine rings is 1. The van der Waals surface area contributed by atoms with Crippen LogP contribution in [-0.4, -0.2) is 18.2 Å². The Bertz CT molecular complexity index is 255. The molecular weight excluding hydrogens is 154 g/mol. The smallest absolute Gasteiger partial charge is 0.133 e. The lowest BCUT2D eigenvalue weighted by Gasteiger charge is -2.15. The minimum Gasteiger partial charge on any atom is -0.506 e. The van der Waals surface area contributed by atoms with Gasteiger partial charge in [0.15, 0.2) is 0 Å². The molecular formula is C8H13NOSi. The van der Waals surface area contributed by atoms with Crippen molar-refractivity contribution >= 4 is 13.3 Å². The third-order valence-corrected chi connectivity index (χ3v) is 3.60. The van der Waals surface area contributed by atoms with Crippen molar-refractivity contribution < 1.29 is 5.11 Å². The quantitative estimate of drug-likeness (QED) is 0.640. The number of hydrogen-bond acceptors (Lipinski definition) is 2. The fourth-order valence-corrected chi connectivity index (χ4v) is 1.88. The van der Waals surface area contributed by atoms with Crippen LogP contribution in [0.15, 0.2) is 18.5 Å². The summed E-state index contributed by atoms with van der Waals surface area (Å²) in [7, 11) is -1.29. The van der Waals surface area contributed by atoms with Crippen molar-refractivity contribution in [2.45, 2.75) is 19.6 Å². The average Bonchev–Trinajstić information content (AvgIpc) is 1.86. The normalized spacial score (nSPS) is 11.5. The van der Waals surface area contributed by atoms with Crippen molar-refractivity contribution in [3.63, 3.8) is 0 Å². The third kappa shape index (κ3) is 2.05. The van der Waals surface area contributed by atoms with Gasteiger partial charge in [-0.1, -0.05) is 19.6 Å². The summed E-state index contributed by atoms with van der Waals surface area (Å²) in [6, 6.07) is 1.80. The zero-order valence-corrected chi connectivity index (χ0v) is 8.13. The van der Waals surface area contributed by atoms with Gasteiger partial charge in [0.25, 0.3) is 0 Å². The molecule has 1 aromatic rings. The summed E-state index contributed by atoms with van der Waals surface area (Å²) in [4.78, 5) is 3.94. The van der Waals surface area contributed by atoms with Gasteiger partial charge in [0.2, 0.25) is 0 Å². The molecule has 0 fully saturated rings. The van der Waals surface area contributed by atoms with Gasteiger partial charge < -0.3 is 5.11 Å². The lowest BCUT2D eigenvalue weighted by Crippen LogP contribution is -2.37. The standard InChI is InChI=1S/C8H13NOSi/c1-11(2,3)8-4-7(10)5-9-6-8/h4-6,10H,1-3H3. The Morgan fingerprint density at radius 3 is 2.27 bits per heavy atom. The molecule has 60 valence electrons. The van der Waals surface area contributed by atoms with Gasteiger partial charge in [-0.2, -0.15) is 0 Å². The van der Waals surface area contributed by atoms with E-state index in [1.165, 1.54) is 11.4 Å². The minimum atomic E-state index is -1.29. The van der Waals surface area contributed by atoms with Crippen LogP contribution in [0.4, 0.5) is 0 Å². The first-order chi connectivity index (χ1) is 5.00. The number of aromatic hydroxyl groups is 1. The lowest BCUT2D eigenvalue weighted by molar-refractivity contribution is 0.473. The van der Waals surface area contributed by atoms with Crippen LogP contribution in [0.2, 0.25) is 19.6 Å². The third-order valence-electron chi connectivity index (χ3n) is 1.59. The Kier molecular flexibility index (Phi) is 2.00. The van der Waals surface area contributed by atoms with Gasteiger partial charge in [-0.05, 0) is 11.3 Å². The van der Waals surface area contributed by atoms with Crippen LogP contribution in [0.5, 0.6) is 5.75 Å². The van der Waals surface area contributed by atoms with Crippen LogP contribution in [0.3, 0.4) is 0 Å². The fraction of sp³-hybridized carbons (Fsp3) is 0.375. The summed E-state index contributed by atoms with van der Waals surface area (Å²) < 4.78 is 0.